The van der Waals surface area contributed by atoms with Gasteiger partial charge in [-0.3, -0.25) is 9.59 Å². The lowest BCUT2D eigenvalue weighted by atomic mass is 9.71. The molecule has 1 aliphatic carbocycles. The molecule has 3 aromatic rings. The van der Waals surface area contributed by atoms with Crippen LogP contribution in [0.5, 0.6) is 5.75 Å². The molecule has 2 aliphatic rings. The van der Waals surface area contributed by atoms with Gasteiger partial charge >= 0.3 is 5.97 Å². The number of nitrogens with one attached hydrogen (secondary N) is 1. The van der Waals surface area contributed by atoms with Crippen LogP contribution in [0.4, 0.5) is 0 Å². The maximum Gasteiger partial charge on any atom is 0.337 e. The van der Waals surface area contributed by atoms with Crippen molar-refractivity contribution in [2.24, 2.45) is 0 Å². The minimum absolute atomic E-state index is 0.111. The van der Waals surface area contributed by atoms with Crippen molar-refractivity contribution in [3.63, 3.8) is 0 Å². The number of para-hydroxylation sites is 2. The van der Waals surface area contributed by atoms with Crippen molar-refractivity contribution in [1.82, 2.24) is 5.32 Å². The summed E-state index contributed by atoms with van der Waals surface area (Å²) in [7, 11) is 1.61. The summed E-state index contributed by atoms with van der Waals surface area (Å²) in [6.45, 7) is 5.29. The van der Waals surface area contributed by atoms with E-state index in [1.165, 1.54) is 6.26 Å². The Bertz CT molecular complexity index is 1530. The number of carbonyl (C=O) groups is 2. The Morgan fingerprint density at radius 2 is 1.76 bits per heavy atom. The number of ether oxygens (including phenoxy) is 2. The topological polar surface area (TPSA) is 94.8 Å². The fourth-order valence-corrected chi connectivity index (χ4v) is 5.41. The van der Waals surface area contributed by atoms with Crippen molar-refractivity contribution < 1.29 is 23.5 Å². The second-order valence-corrected chi connectivity index (χ2v) is 9.73. The molecule has 37 heavy (non-hydrogen) atoms. The summed E-state index contributed by atoms with van der Waals surface area (Å²) in [6.07, 6.45) is 1.76. The maximum absolute atomic E-state index is 13.8. The van der Waals surface area contributed by atoms with E-state index in [0.29, 0.717) is 34.4 Å². The van der Waals surface area contributed by atoms with E-state index < -0.39 is 11.9 Å². The molecule has 7 nitrogen and oxygen atoms in total. The number of allylic oxidation sites excluding steroid dienone is 3. The number of ketones is 1. The van der Waals surface area contributed by atoms with Crippen molar-refractivity contribution in [3.8, 4) is 5.75 Å². The number of hydrogen-bond acceptors (Lipinski definition) is 7. The van der Waals surface area contributed by atoms with Gasteiger partial charge in [0.1, 0.15) is 11.3 Å². The Morgan fingerprint density at radius 1 is 1.03 bits per heavy atom. The van der Waals surface area contributed by atoms with Gasteiger partial charge in [0.15, 0.2) is 11.2 Å². The molecule has 190 valence electrons. The molecule has 5 rings (SSSR count). The molecule has 2 unspecified atom stereocenters. The zero-order chi connectivity index (χ0) is 26.3. The SMILES string of the molecule is COc1ccccc1C1CC(=O)C2=C(C1)NC(C)=C(C(=O)OC(C)C)C2c1coc2ccccc2c1=O. The number of hydrogen-bond donors (Lipinski definition) is 1. The molecule has 0 bridgehead atoms. The second-order valence-electron chi connectivity index (χ2n) is 9.73. The minimum Gasteiger partial charge on any atom is -0.496 e. The molecule has 1 N–H and O–H groups in total. The summed E-state index contributed by atoms with van der Waals surface area (Å²) in [4.78, 5) is 40.8. The fraction of sp³-hybridized carbons (Fsp3) is 0.300. The summed E-state index contributed by atoms with van der Waals surface area (Å²) in [5.74, 6) is -0.983. The average molecular weight is 500 g/mol. The zero-order valence-corrected chi connectivity index (χ0v) is 21.3. The van der Waals surface area contributed by atoms with Gasteiger partial charge in [0, 0.05) is 34.9 Å². The van der Waals surface area contributed by atoms with E-state index in [-0.39, 0.29) is 40.8 Å². The van der Waals surface area contributed by atoms with Gasteiger partial charge in [-0.2, -0.15) is 0 Å². The van der Waals surface area contributed by atoms with E-state index in [0.717, 1.165) is 11.3 Å². The first kappa shape index (κ1) is 24.6. The summed E-state index contributed by atoms with van der Waals surface area (Å²) < 4.78 is 16.9. The van der Waals surface area contributed by atoms with Crippen LogP contribution in [0.25, 0.3) is 11.0 Å². The highest BCUT2D eigenvalue weighted by Gasteiger charge is 2.43. The maximum atomic E-state index is 13.8. The van der Waals surface area contributed by atoms with Gasteiger partial charge in [-0.05, 0) is 51.0 Å². The van der Waals surface area contributed by atoms with Crippen LogP contribution in [0.1, 0.15) is 56.6 Å². The lowest BCUT2D eigenvalue weighted by Gasteiger charge is -2.36. The molecule has 1 aliphatic heterocycles. The minimum atomic E-state index is -0.894. The van der Waals surface area contributed by atoms with Crippen LogP contribution in [0.2, 0.25) is 0 Å². The predicted octanol–water partition coefficient (Wildman–Crippen LogP) is 5.11. The van der Waals surface area contributed by atoms with Crippen LogP contribution >= 0.6 is 0 Å². The second kappa shape index (κ2) is 9.73. The first-order valence-electron chi connectivity index (χ1n) is 12.4. The van der Waals surface area contributed by atoms with E-state index in [1.807, 2.05) is 24.3 Å². The molecule has 0 saturated carbocycles. The summed E-state index contributed by atoms with van der Waals surface area (Å²) >= 11 is 0. The predicted molar refractivity (Wildman–Crippen MR) is 139 cm³/mol. The normalized spacial score (nSPS) is 19.6. The monoisotopic (exact) mass is 499 g/mol. The van der Waals surface area contributed by atoms with E-state index in [1.54, 1.807) is 52.1 Å². The third-order valence-corrected chi connectivity index (χ3v) is 6.99. The quantitative estimate of drug-likeness (QED) is 0.487. The number of fused-ring (bicyclic) bond motifs is 1. The van der Waals surface area contributed by atoms with Gasteiger partial charge in [-0.1, -0.05) is 30.3 Å². The number of benzene rings is 2. The Labute approximate surface area is 214 Å². The highest BCUT2D eigenvalue weighted by molar-refractivity contribution is 6.04. The van der Waals surface area contributed by atoms with Gasteiger partial charge in [0.05, 0.1) is 36.4 Å². The number of Topliss-reactive ketones (excluding diaryl/α,β-unsaturated/α-hetero) is 1. The average Bonchev–Trinajstić information content (AvgIpc) is 2.87. The van der Waals surface area contributed by atoms with Crippen LogP contribution < -0.4 is 15.5 Å². The van der Waals surface area contributed by atoms with Gasteiger partial charge < -0.3 is 19.2 Å². The largest absolute Gasteiger partial charge is 0.496 e. The summed E-state index contributed by atoms with van der Waals surface area (Å²) in [6, 6.07) is 14.6. The molecule has 0 fully saturated rings. The van der Waals surface area contributed by atoms with Gasteiger partial charge in [-0.25, -0.2) is 4.79 Å². The highest BCUT2D eigenvalue weighted by Crippen LogP contribution is 2.46. The Hall–Kier alpha value is -4.13. The third kappa shape index (κ3) is 4.35. The molecule has 7 heteroatoms. The van der Waals surface area contributed by atoms with E-state index in [9.17, 15) is 14.4 Å². The number of esters is 1. The molecule has 1 aromatic heterocycles. The van der Waals surface area contributed by atoms with E-state index in [2.05, 4.69) is 5.32 Å². The molecule has 2 heterocycles. The number of dihydropyridines is 1. The van der Waals surface area contributed by atoms with Crippen LogP contribution in [0.15, 0.2) is 86.5 Å². The third-order valence-electron chi connectivity index (χ3n) is 6.99. The van der Waals surface area contributed by atoms with Crippen LogP contribution in [-0.2, 0) is 14.3 Å². The number of methoxy groups -OCH3 is 1. The molecular formula is C30H29NO6. The van der Waals surface area contributed by atoms with Crippen molar-refractivity contribution in [2.75, 3.05) is 7.11 Å². The summed E-state index contributed by atoms with van der Waals surface area (Å²) in [5, 5.41) is 3.70. The van der Waals surface area contributed by atoms with Gasteiger partial charge in [0.25, 0.3) is 0 Å². The lowest BCUT2D eigenvalue weighted by molar-refractivity contribution is -0.143. The molecule has 2 aromatic carbocycles. The van der Waals surface area contributed by atoms with Crippen molar-refractivity contribution >= 4 is 22.7 Å². The molecule has 2 atom stereocenters. The van der Waals surface area contributed by atoms with Crippen LogP contribution in [0, 0.1) is 0 Å². The van der Waals surface area contributed by atoms with Crippen molar-refractivity contribution in [2.45, 2.75) is 51.6 Å². The molecule has 0 radical (unpaired) electrons. The van der Waals surface area contributed by atoms with E-state index in [4.69, 9.17) is 13.9 Å². The zero-order valence-electron chi connectivity index (χ0n) is 21.3. The first-order valence-corrected chi connectivity index (χ1v) is 12.4. The molecule has 0 saturated heterocycles. The molecule has 0 amide bonds. The summed E-state index contributed by atoms with van der Waals surface area (Å²) in [5.41, 5.74) is 3.26. The smallest absolute Gasteiger partial charge is 0.337 e. The van der Waals surface area contributed by atoms with Crippen LogP contribution in [0.3, 0.4) is 0 Å². The molecular weight excluding hydrogens is 470 g/mol. The molecule has 0 spiro atoms. The Balaban J connectivity index is 1.67. The van der Waals surface area contributed by atoms with Crippen LogP contribution in [-0.4, -0.2) is 25.0 Å². The van der Waals surface area contributed by atoms with Crippen molar-refractivity contribution in [3.05, 3.63) is 98.7 Å². The van der Waals surface area contributed by atoms with E-state index >= 15 is 0 Å². The number of rotatable bonds is 5. The lowest BCUT2D eigenvalue weighted by Crippen LogP contribution is -2.38. The highest BCUT2D eigenvalue weighted by atomic mass is 16.5. The Kier molecular flexibility index (Phi) is 6.46. The standard InChI is InChI=1S/C30H29NO6/c1-16(2)37-30(34)26-17(3)31-22-13-18(19-9-5-7-11-24(19)35-4)14-23(32)28(22)27(26)21-15-36-25-12-8-6-10-20(25)29(21)33/h5-12,15-16,18,27,31H,13-14H2,1-4H3. The number of carbonyl (C=O) groups excluding carboxylic acids is 2. The van der Waals surface area contributed by atoms with Gasteiger partial charge in [0.2, 0.25) is 0 Å². The fourth-order valence-electron chi connectivity index (χ4n) is 5.41. The van der Waals surface area contributed by atoms with Crippen molar-refractivity contribution in [1.29, 1.82) is 0 Å². The first-order chi connectivity index (χ1) is 17.8. The Morgan fingerprint density at radius 3 is 2.51 bits per heavy atom. The van der Waals surface area contributed by atoms with Gasteiger partial charge in [-0.15, -0.1) is 0 Å².